The Morgan fingerprint density at radius 3 is 1.91 bits per heavy atom. The predicted octanol–water partition coefficient (Wildman–Crippen LogP) is 5.22. The van der Waals surface area contributed by atoms with Crippen LogP contribution in [0.1, 0.15) is 11.1 Å². The quantitative estimate of drug-likeness (QED) is 0.435. The van der Waals surface area contributed by atoms with Crippen molar-refractivity contribution in [2.75, 3.05) is 0 Å². The van der Waals surface area contributed by atoms with Crippen molar-refractivity contribution in [1.82, 2.24) is 0 Å². The van der Waals surface area contributed by atoms with Gasteiger partial charge in [0.1, 0.15) is 11.6 Å². The first-order chi connectivity index (χ1) is 10.7. The highest BCUT2D eigenvalue weighted by atomic mass is 19.4. The van der Waals surface area contributed by atoms with Crippen molar-refractivity contribution in [3.8, 4) is 11.5 Å². The first kappa shape index (κ1) is 16.8. The van der Waals surface area contributed by atoms with Crippen LogP contribution in [0.2, 0.25) is 0 Å². The SMILES string of the molecule is Cc1ccc(OOc2cc(F)c(C=CC(F)(F)F)c(F)c2)cc1. The van der Waals surface area contributed by atoms with Gasteiger partial charge in [-0.15, -0.1) is 0 Å². The summed E-state index contributed by atoms with van der Waals surface area (Å²) in [5.41, 5.74) is 0.167. The Bertz CT molecular complexity index is 682. The summed E-state index contributed by atoms with van der Waals surface area (Å²) in [4.78, 5) is 9.65. The Morgan fingerprint density at radius 2 is 1.39 bits per heavy atom. The second-order valence-corrected chi connectivity index (χ2v) is 4.66. The zero-order chi connectivity index (χ0) is 17.0. The standard InChI is InChI=1S/C16H11F5O2/c1-10-2-4-11(5-3-10)22-23-12-8-14(17)13(15(18)9-12)6-7-16(19,20)21/h2-9H,1H3. The van der Waals surface area contributed by atoms with Gasteiger partial charge in [0, 0.05) is 23.8 Å². The molecule has 0 spiro atoms. The van der Waals surface area contributed by atoms with Gasteiger partial charge in [-0.25, -0.2) is 8.78 Å². The predicted molar refractivity (Wildman–Crippen MR) is 73.9 cm³/mol. The molecule has 0 amide bonds. The highest BCUT2D eigenvalue weighted by Gasteiger charge is 2.23. The second kappa shape index (κ2) is 6.68. The monoisotopic (exact) mass is 330 g/mol. The molecule has 0 atom stereocenters. The van der Waals surface area contributed by atoms with Crippen LogP contribution in [0.5, 0.6) is 11.5 Å². The molecule has 0 aliphatic rings. The average molecular weight is 330 g/mol. The molecule has 0 fully saturated rings. The fourth-order valence-electron chi connectivity index (χ4n) is 1.64. The van der Waals surface area contributed by atoms with E-state index >= 15 is 0 Å². The van der Waals surface area contributed by atoms with Crippen LogP contribution < -0.4 is 9.78 Å². The van der Waals surface area contributed by atoms with Crippen LogP contribution in [0.4, 0.5) is 22.0 Å². The third-order valence-corrected chi connectivity index (χ3v) is 2.75. The summed E-state index contributed by atoms with van der Waals surface area (Å²) in [6.45, 7) is 1.86. The van der Waals surface area contributed by atoms with Crippen LogP contribution in [-0.4, -0.2) is 6.18 Å². The van der Waals surface area contributed by atoms with Crippen molar-refractivity contribution >= 4 is 6.08 Å². The molecule has 0 aliphatic heterocycles. The molecular formula is C16H11F5O2. The topological polar surface area (TPSA) is 18.5 Å². The maximum absolute atomic E-state index is 13.7. The summed E-state index contributed by atoms with van der Waals surface area (Å²) >= 11 is 0. The number of alkyl halides is 3. The lowest BCUT2D eigenvalue weighted by molar-refractivity contribution is -0.100. The van der Waals surface area contributed by atoms with Crippen molar-refractivity contribution < 1.29 is 31.7 Å². The fourth-order valence-corrected chi connectivity index (χ4v) is 1.64. The molecule has 2 rings (SSSR count). The average Bonchev–Trinajstić information content (AvgIpc) is 2.44. The van der Waals surface area contributed by atoms with E-state index in [9.17, 15) is 22.0 Å². The summed E-state index contributed by atoms with van der Waals surface area (Å²) in [7, 11) is 0. The number of halogens is 5. The zero-order valence-electron chi connectivity index (χ0n) is 11.8. The zero-order valence-corrected chi connectivity index (χ0v) is 11.8. The Kier molecular flexibility index (Phi) is 4.88. The molecule has 0 N–H and O–H groups in total. The second-order valence-electron chi connectivity index (χ2n) is 4.66. The summed E-state index contributed by atoms with van der Waals surface area (Å²) in [6, 6.07) is 8.11. The van der Waals surface area contributed by atoms with Crippen LogP contribution in [0.3, 0.4) is 0 Å². The minimum absolute atomic E-state index is 0.252. The fraction of sp³-hybridized carbons (Fsp3) is 0.125. The Hall–Kier alpha value is -2.57. The molecule has 0 heterocycles. The van der Waals surface area contributed by atoms with Gasteiger partial charge >= 0.3 is 6.18 Å². The van der Waals surface area contributed by atoms with Gasteiger partial charge < -0.3 is 0 Å². The van der Waals surface area contributed by atoms with E-state index in [0.29, 0.717) is 11.8 Å². The minimum Gasteiger partial charge on any atom is -0.290 e. The normalized spacial score (nSPS) is 11.7. The van der Waals surface area contributed by atoms with E-state index in [1.165, 1.54) is 0 Å². The lowest BCUT2D eigenvalue weighted by Crippen LogP contribution is -2.03. The van der Waals surface area contributed by atoms with E-state index in [1.54, 1.807) is 24.3 Å². The molecule has 0 bridgehead atoms. The summed E-state index contributed by atoms with van der Waals surface area (Å²) < 4.78 is 63.5. The van der Waals surface area contributed by atoms with Crippen molar-refractivity contribution in [3.05, 3.63) is 65.2 Å². The van der Waals surface area contributed by atoms with Crippen LogP contribution in [-0.2, 0) is 0 Å². The van der Waals surface area contributed by atoms with Crippen LogP contribution in [0.15, 0.2) is 42.5 Å². The number of hydrogen-bond acceptors (Lipinski definition) is 2. The lowest BCUT2D eigenvalue weighted by Gasteiger charge is -2.08. The number of allylic oxidation sites excluding steroid dienone is 1. The first-order valence-corrected chi connectivity index (χ1v) is 6.41. The molecule has 23 heavy (non-hydrogen) atoms. The maximum atomic E-state index is 13.7. The third-order valence-electron chi connectivity index (χ3n) is 2.75. The van der Waals surface area contributed by atoms with Gasteiger partial charge in [-0.3, -0.25) is 9.78 Å². The molecule has 0 aromatic heterocycles. The number of aryl methyl sites for hydroxylation is 1. The highest BCUT2D eigenvalue weighted by molar-refractivity contribution is 5.53. The van der Waals surface area contributed by atoms with Crippen LogP contribution in [0, 0.1) is 18.6 Å². The van der Waals surface area contributed by atoms with Gasteiger partial charge in [0.2, 0.25) is 0 Å². The molecule has 2 aromatic carbocycles. The smallest absolute Gasteiger partial charge is 0.290 e. The largest absolute Gasteiger partial charge is 0.409 e. The Balaban J connectivity index is 2.13. The van der Waals surface area contributed by atoms with Crippen LogP contribution in [0.25, 0.3) is 6.08 Å². The van der Waals surface area contributed by atoms with Crippen molar-refractivity contribution in [2.24, 2.45) is 0 Å². The van der Waals surface area contributed by atoms with Gasteiger partial charge in [0.15, 0.2) is 11.5 Å². The molecule has 0 radical (unpaired) electrons. The van der Waals surface area contributed by atoms with E-state index < -0.39 is 23.4 Å². The lowest BCUT2D eigenvalue weighted by atomic mass is 10.1. The summed E-state index contributed by atoms with van der Waals surface area (Å²) in [6.07, 6.45) is -4.60. The first-order valence-electron chi connectivity index (χ1n) is 6.41. The van der Waals surface area contributed by atoms with Crippen LogP contribution >= 0.6 is 0 Å². The molecule has 0 saturated carbocycles. The summed E-state index contributed by atoms with van der Waals surface area (Å²) in [5, 5.41) is 0. The van der Waals surface area contributed by atoms with E-state index in [0.717, 1.165) is 17.7 Å². The summed E-state index contributed by atoms with van der Waals surface area (Å²) in [5.74, 6) is -2.41. The van der Waals surface area contributed by atoms with E-state index in [2.05, 4.69) is 0 Å². The van der Waals surface area contributed by atoms with E-state index in [-0.39, 0.29) is 11.8 Å². The molecule has 0 unspecified atom stereocenters. The number of benzene rings is 2. The molecule has 0 aliphatic carbocycles. The van der Waals surface area contributed by atoms with Gasteiger partial charge in [-0.1, -0.05) is 17.7 Å². The maximum Gasteiger partial charge on any atom is 0.409 e. The minimum atomic E-state index is -4.66. The third kappa shape index (κ3) is 4.98. The molecule has 7 heteroatoms. The Morgan fingerprint density at radius 1 is 0.870 bits per heavy atom. The molecule has 122 valence electrons. The molecule has 0 saturated heterocycles. The van der Waals surface area contributed by atoms with E-state index in [4.69, 9.17) is 9.78 Å². The van der Waals surface area contributed by atoms with Gasteiger partial charge in [0.05, 0.1) is 0 Å². The van der Waals surface area contributed by atoms with Gasteiger partial charge in [-0.05, 0) is 25.1 Å². The number of hydrogen-bond donors (Lipinski definition) is 0. The number of rotatable bonds is 4. The van der Waals surface area contributed by atoms with E-state index in [1.807, 2.05) is 6.92 Å². The van der Waals surface area contributed by atoms with Gasteiger partial charge in [0.25, 0.3) is 0 Å². The Labute approximate surface area is 128 Å². The molecular weight excluding hydrogens is 319 g/mol. The van der Waals surface area contributed by atoms with Crippen molar-refractivity contribution in [3.63, 3.8) is 0 Å². The van der Waals surface area contributed by atoms with Crippen molar-refractivity contribution in [1.29, 1.82) is 0 Å². The van der Waals surface area contributed by atoms with Gasteiger partial charge in [-0.2, -0.15) is 13.2 Å². The molecule has 2 aromatic rings. The highest BCUT2D eigenvalue weighted by Crippen LogP contribution is 2.25. The van der Waals surface area contributed by atoms with Crippen molar-refractivity contribution in [2.45, 2.75) is 13.1 Å². The molecule has 2 nitrogen and oxygen atoms in total.